The van der Waals surface area contributed by atoms with Gasteiger partial charge in [-0.2, -0.15) is 0 Å². The lowest BCUT2D eigenvalue weighted by Gasteiger charge is -2.15. The largest absolute Gasteiger partial charge is 0.396 e. The summed E-state index contributed by atoms with van der Waals surface area (Å²) in [5.41, 5.74) is 2.09. The summed E-state index contributed by atoms with van der Waals surface area (Å²) in [7, 11) is 0. The van der Waals surface area contributed by atoms with E-state index in [-0.39, 0.29) is 18.3 Å². The number of aliphatic hydroxyl groups is 1. The quantitative estimate of drug-likeness (QED) is 0.882. The molecule has 1 unspecified atom stereocenters. The van der Waals surface area contributed by atoms with E-state index < -0.39 is 0 Å². The summed E-state index contributed by atoms with van der Waals surface area (Å²) >= 11 is 3.43. The van der Waals surface area contributed by atoms with E-state index in [0.29, 0.717) is 6.42 Å². The summed E-state index contributed by atoms with van der Waals surface area (Å²) < 4.78 is 14.1. The van der Waals surface area contributed by atoms with Crippen molar-refractivity contribution in [2.45, 2.75) is 12.8 Å². The molecule has 0 bridgehead atoms. The van der Waals surface area contributed by atoms with E-state index in [1.165, 1.54) is 17.7 Å². The Hall–Kier alpha value is -1.19. The summed E-state index contributed by atoms with van der Waals surface area (Å²) in [6.07, 6.45) is 1.45. The molecular weight excluding hydrogens is 307 g/mol. The highest BCUT2D eigenvalue weighted by atomic mass is 79.9. The van der Waals surface area contributed by atoms with E-state index in [1.54, 1.807) is 6.07 Å². The topological polar surface area (TPSA) is 20.2 Å². The normalized spacial score (nSPS) is 12.4. The predicted molar refractivity (Wildman–Crippen MR) is 78.5 cm³/mol. The number of halogens is 2. The molecule has 0 saturated carbocycles. The second kappa shape index (κ2) is 6.83. The van der Waals surface area contributed by atoms with E-state index in [1.807, 2.05) is 30.3 Å². The highest BCUT2D eigenvalue weighted by molar-refractivity contribution is 9.10. The van der Waals surface area contributed by atoms with E-state index in [2.05, 4.69) is 15.9 Å². The zero-order chi connectivity index (χ0) is 13.7. The third kappa shape index (κ3) is 4.15. The van der Waals surface area contributed by atoms with Crippen molar-refractivity contribution < 1.29 is 9.50 Å². The molecule has 2 aromatic rings. The van der Waals surface area contributed by atoms with Crippen LogP contribution in [0.3, 0.4) is 0 Å². The van der Waals surface area contributed by atoms with Crippen molar-refractivity contribution in [1.29, 1.82) is 0 Å². The lowest BCUT2D eigenvalue weighted by molar-refractivity contribution is 0.224. The first-order valence-electron chi connectivity index (χ1n) is 6.27. The van der Waals surface area contributed by atoms with Gasteiger partial charge in [0.15, 0.2) is 0 Å². The molecule has 3 heteroatoms. The van der Waals surface area contributed by atoms with Gasteiger partial charge in [0, 0.05) is 11.1 Å². The van der Waals surface area contributed by atoms with Crippen LogP contribution in [-0.2, 0) is 12.8 Å². The van der Waals surface area contributed by atoms with E-state index in [0.717, 1.165) is 16.5 Å². The Balaban J connectivity index is 2.09. The molecule has 0 aliphatic heterocycles. The number of aliphatic hydroxyl groups excluding tert-OH is 1. The van der Waals surface area contributed by atoms with Crippen molar-refractivity contribution in [1.82, 2.24) is 0 Å². The van der Waals surface area contributed by atoms with Gasteiger partial charge in [0.25, 0.3) is 0 Å². The Labute approximate surface area is 121 Å². The number of rotatable bonds is 5. The van der Waals surface area contributed by atoms with Crippen LogP contribution in [0.1, 0.15) is 11.1 Å². The lowest BCUT2D eigenvalue weighted by atomic mass is 9.93. The molecule has 2 aromatic carbocycles. The highest BCUT2D eigenvalue weighted by Gasteiger charge is 2.12. The molecule has 100 valence electrons. The van der Waals surface area contributed by atoms with Gasteiger partial charge in [-0.3, -0.25) is 0 Å². The van der Waals surface area contributed by atoms with Gasteiger partial charge in [-0.1, -0.05) is 46.3 Å². The van der Waals surface area contributed by atoms with Crippen molar-refractivity contribution in [2.24, 2.45) is 5.92 Å². The van der Waals surface area contributed by atoms with Gasteiger partial charge in [0.2, 0.25) is 0 Å². The van der Waals surface area contributed by atoms with Gasteiger partial charge in [0.05, 0.1) is 0 Å². The first-order chi connectivity index (χ1) is 9.19. The highest BCUT2D eigenvalue weighted by Crippen LogP contribution is 2.22. The number of hydrogen-bond donors (Lipinski definition) is 1. The fraction of sp³-hybridized carbons (Fsp3) is 0.250. The van der Waals surface area contributed by atoms with Crippen LogP contribution in [0.4, 0.5) is 4.39 Å². The zero-order valence-corrected chi connectivity index (χ0v) is 12.1. The molecule has 0 aromatic heterocycles. The summed E-state index contributed by atoms with van der Waals surface area (Å²) in [6.45, 7) is 0.0951. The molecule has 0 fully saturated rings. The molecule has 0 amide bonds. The minimum Gasteiger partial charge on any atom is -0.396 e. The molecule has 1 atom stereocenters. The van der Waals surface area contributed by atoms with Crippen molar-refractivity contribution in [3.63, 3.8) is 0 Å². The molecule has 0 saturated heterocycles. The van der Waals surface area contributed by atoms with Crippen LogP contribution in [0.15, 0.2) is 53.0 Å². The standard InChI is InChI=1S/C16H16BrFO/c17-16-7-6-15(18)10-14(16)9-13(11-19)8-12-4-2-1-3-5-12/h1-7,10,13,19H,8-9,11H2. The van der Waals surface area contributed by atoms with Crippen molar-refractivity contribution in [3.8, 4) is 0 Å². The van der Waals surface area contributed by atoms with Gasteiger partial charge in [-0.15, -0.1) is 0 Å². The van der Waals surface area contributed by atoms with Crippen LogP contribution < -0.4 is 0 Å². The molecule has 1 N–H and O–H groups in total. The number of hydrogen-bond acceptors (Lipinski definition) is 1. The summed E-state index contributed by atoms with van der Waals surface area (Å²) in [5.74, 6) is -0.143. The van der Waals surface area contributed by atoms with Crippen LogP contribution >= 0.6 is 15.9 Å². The van der Waals surface area contributed by atoms with Crippen LogP contribution in [-0.4, -0.2) is 11.7 Å². The van der Waals surface area contributed by atoms with Gasteiger partial charge in [0.1, 0.15) is 5.82 Å². The average molecular weight is 323 g/mol. The van der Waals surface area contributed by atoms with E-state index in [4.69, 9.17) is 0 Å². The first kappa shape index (κ1) is 14.2. The predicted octanol–water partition coefficient (Wildman–Crippen LogP) is 3.98. The first-order valence-corrected chi connectivity index (χ1v) is 7.07. The Bertz CT molecular complexity index is 528. The smallest absolute Gasteiger partial charge is 0.123 e. The fourth-order valence-electron chi connectivity index (χ4n) is 2.16. The fourth-order valence-corrected chi connectivity index (χ4v) is 2.57. The van der Waals surface area contributed by atoms with Crippen LogP contribution in [0.5, 0.6) is 0 Å². The molecule has 0 radical (unpaired) electrons. The Morgan fingerprint density at radius 2 is 1.79 bits per heavy atom. The minimum absolute atomic E-state index is 0.0951. The molecule has 0 aliphatic carbocycles. The van der Waals surface area contributed by atoms with Crippen LogP contribution in [0.25, 0.3) is 0 Å². The summed E-state index contributed by atoms with van der Waals surface area (Å²) in [6, 6.07) is 14.7. The van der Waals surface area contributed by atoms with Gasteiger partial charge >= 0.3 is 0 Å². The summed E-state index contributed by atoms with van der Waals surface area (Å²) in [5, 5.41) is 9.50. The van der Waals surface area contributed by atoms with E-state index in [9.17, 15) is 9.50 Å². The maximum Gasteiger partial charge on any atom is 0.123 e. The maximum absolute atomic E-state index is 13.2. The van der Waals surface area contributed by atoms with Crippen molar-refractivity contribution in [3.05, 3.63) is 69.9 Å². The molecule has 0 heterocycles. The molecule has 0 spiro atoms. The Morgan fingerprint density at radius 3 is 2.47 bits per heavy atom. The number of benzene rings is 2. The average Bonchev–Trinajstić information content (AvgIpc) is 2.43. The van der Waals surface area contributed by atoms with Crippen LogP contribution in [0, 0.1) is 11.7 Å². The SMILES string of the molecule is OCC(Cc1ccccc1)Cc1cc(F)ccc1Br. The molecule has 1 nitrogen and oxygen atoms in total. The Kier molecular flexibility index (Phi) is 5.11. The third-order valence-electron chi connectivity index (χ3n) is 3.14. The Morgan fingerprint density at radius 1 is 1.05 bits per heavy atom. The molecular formula is C16H16BrFO. The second-order valence-electron chi connectivity index (χ2n) is 4.68. The third-order valence-corrected chi connectivity index (χ3v) is 3.92. The summed E-state index contributed by atoms with van der Waals surface area (Å²) in [4.78, 5) is 0. The second-order valence-corrected chi connectivity index (χ2v) is 5.53. The van der Waals surface area contributed by atoms with Crippen molar-refractivity contribution >= 4 is 15.9 Å². The molecule has 2 rings (SSSR count). The van der Waals surface area contributed by atoms with Gasteiger partial charge in [-0.05, 0) is 48.1 Å². The van der Waals surface area contributed by atoms with Crippen LogP contribution in [0.2, 0.25) is 0 Å². The lowest BCUT2D eigenvalue weighted by Crippen LogP contribution is -2.13. The zero-order valence-electron chi connectivity index (χ0n) is 10.5. The van der Waals surface area contributed by atoms with Gasteiger partial charge < -0.3 is 5.11 Å². The maximum atomic E-state index is 13.2. The van der Waals surface area contributed by atoms with E-state index >= 15 is 0 Å². The van der Waals surface area contributed by atoms with Crippen molar-refractivity contribution in [2.75, 3.05) is 6.61 Å². The minimum atomic E-state index is -0.241. The molecule has 0 aliphatic rings. The monoisotopic (exact) mass is 322 g/mol. The molecule has 19 heavy (non-hydrogen) atoms. The van der Waals surface area contributed by atoms with Gasteiger partial charge in [-0.25, -0.2) is 4.39 Å².